The first-order chi connectivity index (χ1) is 14.5. The summed E-state index contributed by atoms with van der Waals surface area (Å²) in [5.74, 6) is -0.872. The van der Waals surface area contributed by atoms with Crippen LogP contribution in [-0.4, -0.2) is 43.5 Å². The Morgan fingerprint density at radius 2 is 1.83 bits per heavy atom. The van der Waals surface area contributed by atoms with Gasteiger partial charge >= 0.3 is 5.97 Å². The fourth-order valence-corrected chi connectivity index (χ4v) is 3.43. The van der Waals surface area contributed by atoms with Crippen molar-refractivity contribution in [3.05, 3.63) is 66.3 Å². The van der Waals surface area contributed by atoms with Gasteiger partial charge in [-0.2, -0.15) is 0 Å². The summed E-state index contributed by atoms with van der Waals surface area (Å²) in [7, 11) is 1.63. The predicted octanol–water partition coefficient (Wildman–Crippen LogP) is 4.59. The molecule has 1 fully saturated rings. The maximum Gasteiger partial charge on any atom is 0.317 e. The molecule has 1 aliphatic rings. The Hall–Kier alpha value is -2.66. The van der Waals surface area contributed by atoms with Gasteiger partial charge in [0.05, 0.1) is 19.6 Å². The van der Waals surface area contributed by atoms with E-state index >= 15 is 0 Å². The summed E-state index contributed by atoms with van der Waals surface area (Å²) in [5, 5.41) is 0. The second-order valence-corrected chi connectivity index (χ2v) is 6.69. The maximum absolute atomic E-state index is 13.0. The van der Waals surface area contributed by atoms with Crippen LogP contribution in [0.3, 0.4) is 0 Å². The SMILES string of the molecule is C=C/C=C\C(=C/C)C1CN(Cc2ccc(OC)cc2)CC(C(=O)OCC)C1=O.CC. The number of allylic oxidation sites excluding steroid dienone is 4. The minimum atomic E-state index is -0.774. The lowest BCUT2D eigenvalue weighted by molar-refractivity contribution is -0.155. The summed E-state index contributed by atoms with van der Waals surface area (Å²) in [6.45, 7) is 13.2. The van der Waals surface area contributed by atoms with E-state index in [0.29, 0.717) is 19.6 Å². The molecular formula is C25H35NO4. The van der Waals surface area contributed by atoms with Crippen LogP contribution in [-0.2, 0) is 20.9 Å². The van der Waals surface area contributed by atoms with Gasteiger partial charge in [0.15, 0.2) is 5.78 Å². The molecule has 2 rings (SSSR count). The Morgan fingerprint density at radius 3 is 2.37 bits per heavy atom. The van der Waals surface area contributed by atoms with Crippen molar-refractivity contribution in [3.8, 4) is 5.75 Å². The third-order valence-corrected chi connectivity index (χ3v) is 4.87. The third-order valence-electron chi connectivity index (χ3n) is 4.87. The van der Waals surface area contributed by atoms with E-state index in [9.17, 15) is 9.59 Å². The first-order valence-electron chi connectivity index (χ1n) is 10.5. The summed E-state index contributed by atoms with van der Waals surface area (Å²) in [4.78, 5) is 27.6. The topological polar surface area (TPSA) is 55.8 Å². The zero-order valence-electron chi connectivity index (χ0n) is 18.9. The van der Waals surface area contributed by atoms with Crippen molar-refractivity contribution >= 4 is 11.8 Å². The summed E-state index contributed by atoms with van der Waals surface area (Å²) >= 11 is 0. The van der Waals surface area contributed by atoms with Crippen molar-refractivity contribution in [3.63, 3.8) is 0 Å². The van der Waals surface area contributed by atoms with Crippen LogP contribution in [0.1, 0.15) is 33.3 Å². The molecule has 0 aliphatic carbocycles. The van der Waals surface area contributed by atoms with Gasteiger partial charge in [-0.05, 0) is 37.1 Å². The average molecular weight is 414 g/mol. The molecule has 0 amide bonds. The minimum Gasteiger partial charge on any atom is -0.497 e. The standard InChI is InChI=1S/C23H29NO4.C2H6/c1-5-8-9-18(6-2)20-15-24(14-17-10-12-19(27-4)13-11-17)16-21(22(20)25)23(26)28-7-3;1-2/h5-6,8-13,20-21H,1,7,14-16H2,2-4H3;1-2H3/b9-8-,18-6+;. The van der Waals surface area contributed by atoms with E-state index in [2.05, 4.69) is 11.5 Å². The molecule has 2 atom stereocenters. The van der Waals surface area contributed by atoms with Crippen molar-refractivity contribution in [1.82, 2.24) is 4.90 Å². The van der Waals surface area contributed by atoms with Gasteiger partial charge in [0.25, 0.3) is 0 Å². The first kappa shape index (κ1) is 25.4. The number of hydrogen-bond acceptors (Lipinski definition) is 5. The van der Waals surface area contributed by atoms with Crippen molar-refractivity contribution in [2.75, 3.05) is 26.8 Å². The van der Waals surface area contributed by atoms with Gasteiger partial charge in [-0.25, -0.2) is 0 Å². The lowest BCUT2D eigenvalue weighted by Crippen LogP contribution is -2.50. The summed E-state index contributed by atoms with van der Waals surface area (Å²) in [6, 6.07) is 7.82. The molecule has 1 saturated heterocycles. The molecule has 1 aromatic rings. The lowest BCUT2D eigenvalue weighted by Gasteiger charge is -2.36. The largest absolute Gasteiger partial charge is 0.497 e. The van der Waals surface area contributed by atoms with Crippen molar-refractivity contribution in [2.45, 2.75) is 34.2 Å². The molecule has 1 aromatic carbocycles. The second-order valence-electron chi connectivity index (χ2n) is 6.69. The van der Waals surface area contributed by atoms with Crippen LogP contribution in [0, 0.1) is 11.8 Å². The van der Waals surface area contributed by atoms with Crippen LogP contribution in [0.5, 0.6) is 5.75 Å². The highest BCUT2D eigenvalue weighted by Gasteiger charge is 2.41. The van der Waals surface area contributed by atoms with Gasteiger partial charge in [-0.3, -0.25) is 14.5 Å². The minimum absolute atomic E-state index is 0.0776. The fraction of sp³-hybridized carbons (Fsp3) is 0.440. The molecule has 0 aromatic heterocycles. The Kier molecular flexibility index (Phi) is 11.5. The molecule has 0 radical (unpaired) electrons. The number of ether oxygens (including phenoxy) is 2. The second kappa shape index (κ2) is 13.5. The van der Waals surface area contributed by atoms with E-state index in [0.717, 1.165) is 16.9 Å². The van der Waals surface area contributed by atoms with E-state index in [1.54, 1.807) is 20.1 Å². The number of carbonyl (C=O) groups excluding carboxylic acids is 2. The quantitative estimate of drug-likeness (QED) is 0.354. The van der Waals surface area contributed by atoms with E-state index in [1.807, 2.05) is 63.3 Å². The highest BCUT2D eigenvalue weighted by atomic mass is 16.5. The van der Waals surface area contributed by atoms with Gasteiger partial charge in [0.1, 0.15) is 11.7 Å². The number of rotatable bonds is 8. The molecule has 1 heterocycles. The number of likely N-dealkylation sites (tertiary alicyclic amines) is 1. The molecule has 164 valence electrons. The maximum atomic E-state index is 13.0. The smallest absolute Gasteiger partial charge is 0.317 e. The highest BCUT2D eigenvalue weighted by Crippen LogP contribution is 2.27. The molecule has 5 nitrogen and oxygen atoms in total. The molecular weight excluding hydrogens is 378 g/mol. The van der Waals surface area contributed by atoms with E-state index in [-0.39, 0.29) is 18.3 Å². The molecule has 0 N–H and O–H groups in total. The van der Waals surface area contributed by atoms with Crippen LogP contribution >= 0.6 is 0 Å². The third kappa shape index (κ3) is 6.99. The van der Waals surface area contributed by atoms with Gasteiger partial charge < -0.3 is 9.47 Å². The molecule has 0 saturated carbocycles. The Bertz CT molecular complexity index is 749. The zero-order chi connectivity index (χ0) is 22.5. The molecule has 2 unspecified atom stereocenters. The van der Waals surface area contributed by atoms with Crippen LogP contribution in [0.15, 0.2) is 60.7 Å². The number of carbonyl (C=O) groups is 2. The van der Waals surface area contributed by atoms with Crippen molar-refractivity contribution in [1.29, 1.82) is 0 Å². The van der Waals surface area contributed by atoms with E-state index in [1.165, 1.54) is 0 Å². The Balaban J connectivity index is 0.00000218. The first-order valence-corrected chi connectivity index (χ1v) is 10.5. The number of Topliss-reactive ketones (excluding diaryl/α,β-unsaturated/α-hetero) is 1. The number of hydrogen-bond donors (Lipinski definition) is 0. The summed E-state index contributed by atoms with van der Waals surface area (Å²) < 4.78 is 10.4. The van der Waals surface area contributed by atoms with E-state index < -0.39 is 11.9 Å². The monoisotopic (exact) mass is 413 g/mol. The summed E-state index contributed by atoms with van der Waals surface area (Å²) in [5.41, 5.74) is 1.98. The zero-order valence-corrected chi connectivity index (χ0v) is 18.9. The number of piperidine rings is 1. The number of ketones is 1. The Labute approximate surface area is 181 Å². The van der Waals surface area contributed by atoms with Gasteiger partial charge in [-0.1, -0.05) is 56.9 Å². The number of nitrogens with zero attached hydrogens (tertiary/aromatic N) is 1. The number of benzene rings is 1. The van der Waals surface area contributed by atoms with Gasteiger partial charge in [0, 0.05) is 19.6 Å². The molecule has 5 heteroatoms. The molecule has 1 aliphatic heterocycles. The molecule has 0 spiro atoms. The van der Waals surface area contributed by atoms with Gasteiger partial charge in [0.2, 0.25) is 0 Å². The Morgan fingerprint density at radius 1 is 1.20 bits per heavy atom. The van der Waals surface area contributed by atoms with Crippen molar-refractivity contribution < 1.29 is 19.1 Å². The van der Waals surface area contributed by atoms with Crippen LogP contribution in [0.2, 0.25) is 0 Å². The highest BCUT2D eigenvalue weighted by molar-refractivity contribution is 6.02. The van der Waals surface area contributed by atoms with Gasteiger partial charge in [-0.15, -0.1) is 0 Å². The fourth-order valence-electron chi connectivity index (χ4n) is 3.43. The number of methoxy groups -OCH3 is 1. The van der Waals surface area contributed by atoms with Crippen LogP contribution < -0.4 is 4.74 Å². The van der Waals surface area contributed by atoms with Crippen molar-refractivity contribution in [2.24, 2.45) is 11.8 Å². The predicted molar refractivity (Wildman–Crippen MR) is 121 cm³/mol. The number of esters is 1. The lowest BCUT2D eigenvalue weighted by atomic mass is 9.82. The van der Waals surface area contributed by atoms with Crippen LogP contribution in [0.4, 0.5) is 0 Å². The average Bonchev–Trinajstić information content (AvgIpc) is 2.78. The molecule has 30 heavy (non-hydrogen) atoms. The van der Waals surface area contributed by atoms with Crippen LogP contribution in [0.25, 0.3) is 0 Å². The normalized spacial score (nSPS) is 19.8. The molecule has 0 bridgehead atoms. The summed E-state index contributed by atoms with van der Waals surface area (Å²) in [6.07, 6.45) is 7.29. The van der Waals surface area contributed by atoms with E-state index in [4.69, 9.17) is 9.47 Å².